The van der Waals surface area contributed by atoms with Gasteiger partial charge in [-0.3, -0.25) is 4.79 Å². The van der Waals surface area contributed by atoms with Gasteiger partial charge in [0.1, 0.15) is 11.5 Å². The van der Waals surface area contributed by atoms with E-state index in [1.807, 2.05) is 36.4 Å². The summed E-state index contributed by atoms with van der Waals surface area (Å²) in [6.07, 6.45) is 4.21. The summed E-state index contributed by atoms with van der Waals surface area (Å²) in [5.74, 6) is 1.66. The number of carbonyl (C=O) groups is 1. The number of oxime groups is 1. The summed E-state index contributed by atoms with van der Waals surface area (Å²) in [6, 6.07) is 11.4. The van der Waals surface area contributed by atoms with Crippen LogP contribution in [-0.4, -0.2) is 32.5 Å². The number of amides is 1. The van der Waals surface area contributed by atoms with Crippen molar-refractivity contribution in [2.45, 2.75) is 44.8 Å². The Balaban J connectivity index is 1.29. The molecule has 154 valence electrons. The van der Waals surface area contributed by atoms with Gasteiger partial charge in [-0.1, -0.05) is 35.3 Å². The molecule has 3 aromatic rings. The lowest BCUT2D eigenvalue weighted by molar-refractivity contribution is -0.125. The first-order valence-electron chi connectivity index (χ1n) is 9.99. The fourth-order valence-corrected chi connectivity index (χ4v) is 4.82. The van der Waals surface area contributed by atoms with Gasteiger partial charge in [0, 0.05) is 30.6 Å². The lowest BCUT2D eigenvalue weighted by atomic mass is 10.1. The second-order valence-electron chi connectivity index (χ2n) is 7.41. The highest BCUT2D eigenvalue weighted by molar-refractivity contribution is 7.18. The molecule has 1 aromatic carbocycles. The topological polar surface area (TPSA) is 81.4 Å². The van der Waals surface area contributed by atoms with E-state index in [4.69, 9.17) is 16.4 Å². The first-order valence-corrected chi connectivity index (χ1v) is 11.2. The fourth-order valence-electron chi connectivity index (χ4n) is 3.79. The summed E-state index contributed by atoms with van der Waals surface area (Å²) in [5, 5.41) is 15.8. The maximum absolute atomic E-state index is 12.7. The van der Waals surface area contributed by atoms with Gasteiger partial charge in [0.2, 0.25) is 6.10 Å². The van der Waals surface area contributed by atoms with Crippen LogP contribution in [0, 0.1) is 0 Å². The number of nitrogens with one attached hydrogen (secondary N) is 1. The van der Waals surface area contributed by atoms with Gasteiger partial charge in [-0.15, -0.1) is 21.5 Å². The van der Waals surface area contributed by atoms with Crippen LogP contribution >= 0.6 is 22.9 Å². The maximum atomic E-state index is 12.7. The van der Waals surface area contributed by atoms with Gasteiger partial charge in [-0.2, -0.15) is 0 Å². The van der Waals surface area contributed by atoms with E-state index in [-0.39, 0.29) is 5.91 Å². The van der Waals surface area contributed by atoms with E-state index in [0.717, 1.165) is 53.6 Å². The third-order valence-corrected chi connectivity index (χ3v) is 6.60. The molecule has 30 heavy (non-hydrogen) atoms. The predicted octanol–water partition coefficient (Wildman–Crippen LogP) is 4.52. The highest BCUT2D eigenvalue weighted by Gasteiger charge is 2.29. The number of hydrogen-bond acceptors (Lipinski definition) is 6. The minimum absolute atomic E-state index is 0.228. The Morgan fingerprint density at radius 3 is 3.00 bits per heavy atom. The first-order chi connectivity index (χ1) is 14.7. The molecule has 0 aliphatic carbocycles. The number of carbonyl (C=O) groups excluding carboxylic acids is 1. The molecule has 0 spiro atoms. The molecule has 5 rings (SSSR count). The van der Waals surface area contributed by atoms with Gasteiger partial charge < -0.3 is 14.7 Å². The van der Waals surface area contributed by atoms with Gasteiger partial charge in [0.15, 0.2) is 5.82 Å². The predicted molar refractivity (Wildman–Crippen MR) is 117 cm³/mol. The lowest BCUT2D eigenvalue weighted by Gasteiger charge is -2.11. The van der Waals surface area contributed by atoms with Crippen molar-refractivity contribution in [3.05, 3.63) is 51.4 Å². The summed E-state index contributed by atoms with van der Waals surface area (Å²) in [4.78, 5) is 19.0. The van der Waals surface area contributed by atoms with Crippen molar-refractivity contribution in [3.8, 4) is 11.4 Å². The summed E-state index contributed by atoms with van der Waals surface area (Å²) < 4.78 is 2.88. The van der Waals surface area contributed by atoms with Crippen molar-refractivity contribution in [1.29, 1.82) is 0 Å². The Morgan fingerprint density at radius 2 is 2.13 bits per heavy atom. The molecule has 2 aliphatic heterocycles. The molecule has 2 aliphatic rings. The van der Waals surface area contributed by atoms with Crippen LogP contribution < -0.4 is 5.32 Å². The van der Waals surface area contributed by atoms with Crippen LogP contribution in [0.25, 0.3) is 11.4 Å². The third-order valence-electron chi connectivity index (χ3n) is 5.32. The van der Waals surface area contributed by atoms with Gasteiger partial charge in [0.05, 0.1) is 9.21 Å². The van der Waals surface area contributed by atoms with Crippen molar-refractivity contribution < 1.29 is 9.63 Å². The Kier molecular flexibility index (Phi) is 5.26. The molecule has 0 radical (unpaired) electrons. The van der Waals surface area contributed by atoms with E-state index in [1.165, 1.54) is 17.8 Å². The lowest BCUT2D eigenvalue weighted by Crippen LogP contribution is -2.27. The Hall–Kier alpha value is -2.71. The number of anilines is 1. The highest BCUT2D eigenvalue weighted by atomic mass is 35.5. The standard InChI is InChI=1S/C21H20ClN5O2S/c22-18-9-8-17(30-18)15-12-16(29-26-15)21(28)23-14-6-4-5-13(11-14)20-25-24-19-7-2-1-3-10-27(19)20/h4-6,8-9,11,16H,1-3,7,10,12H2,(H,23,28). The monoisotopic (exact) mass is 441 g/mol. The molecular weight excluding hydrogens is 422 g/mol. The molecule has 1 unspecified atom stereocenters. The van der Waals surface area contributed by atoms with Crippen LogP contribution in [-0.2, 0) is 22.6 Å². The second-order valence-corrected chi connectivity index (χ2v) is 9.13. The minimum atomic E-state index is -0.658. The van der Waals surface area contributed by atoms with E-state index < -0.39 is 6.10 Å². The van der Waals surface area contributed by atoms with Crippen LogP contribution in [0.5, 0.6) is 0 Å². The Morgan fingerprint density at radius 1 is 1.20 bits per heavy atom. The van der Waals surface area contributed by atoms with E-state index in [9.17, 15) is 4.79 Å². The van der Waals surface area contributed by atoms with E-state index in [2.05, 4.69) is 25.2 Å². The van der Waals surface area contributed by atoms with Gasteiger partial charge >= 0.3 is 0 Å². The van der Waals surface area contributed by atoms with Crippen molar-refractivity contribution in [1.82, 2.24) is 14.8 Å². The van der Waals surface area contributed by atoms with E-state index in [0.29, 0.717) is 16.4 Å². The number of thiophene rings is 1. The van der Waals surface area contributed by atoms with Gasteiger partial charge in [0.25, 0.3) is 5.91 Å². The molecule has 1 N–H and O–H groups in total. The largest absolute Gasteiger partial charge is 0.382 e. The zero-order chi connectivity index (χ0) is 20.5. The molecule has 1 amide bonds. The molecule has 0 saturated heterocycles. The van der Waals surface area contributed by atoms with Crippen LogP contribution in [0.1, 0.15) is 36.4 Å². The van der Waals surface area contributed by atoms with Crippen molar-refractivity contribution >= 4 is 40.2 Å². The summed E-state index contributed by atoms with van der Waals surface area (Å²) >= 11 is 7.41. The molecule has 0 saturated carbocycles. The molecule has 0 fully saturated rings. The molecule has 2 aromatic heterocycles. The van der Waals surface area contributed by atoms with Crippen LogP contribution in [0.4, 0.5) is 5.69 Å². The average Bonchev–Trinajstić information content (AvgIpc) is 3.45. The maximum Gasteiger partial charge on any atom is 0.268 e. The SMILES string of the molecule is O=C(Nc1cccc(-c2nnc3n2CCCCC3)c1)C1CC(c2ccc(Cl)s2)=NO1. The smallest absolute Gasteiger partial charge is 0.268 e. The van der Waals surface area contributed by atoms with Crippen LogP contribution in [0.3, 0.4) is 0 Å². The van der Waals surface area contributed by atoms with Crippen molar-refractivity contribution in [3.63, 3.8) is 0 Å². The van der Waals surface area contributed by atoms with Gasteiger partial charge in [-0.05, 0) is 37.1 Å². The molecule has 9 heteroatoms. The van der Waals surface area contributed by atoms with E-state index in [1.54, 1.807) is 0 Å². The molecule has 7 nitrogen and oxygen atoms in total. The zero-order valence-corrected chi connectivity index (χ0v) is 17.7. The van der Waals surface area contributed by atoms with Crippen LogP contribution in [0.15, 0.2) is 41.6 Å². The third kappa shape index (κ3) is 3.85. The Bertz CT molecular complexity index is 1120. The summed E-state index contributed by atoms with van der Waals surface area (Å²) in [6.45, 7) is 0.928. The van der Waals surface area contributed by atoms with Gasteiger partial charge in [-0.25, -0.2) is 0 Å². The second kappa shape index (κ2) is 8.20. The first kappa shape index (κ1) is 19.3. The number of aryl methyl sites for hydroxylation is 1. The number of halogens is 1. The van der Waals surface area contributed by atoms with Crippen LogP contribution in [0.2, 0.25) is 4.34 Å². The van der Waals surface area contributed by atoms with Crippen molar-refractivity contribution in [2.24, 2.45) is 5.16 Å². The normalized spacial score (nSPS) is 18.3. The number of benzene rings is 1. The summed E-state index contributed by atoms with van der Waals surface area (Å²) in [5.41, 5.74) is 2.37. The molecule has 1 atom stereocenters. The number of fused-ring (bicyclic) bond motifs is 1. The number of nitrogens with zero attached hydrogens (tertiary/aromatic N) is 4. The quantitative estimate of drug-likeness (QED) is 0.645. The molecule has 0 bridgehead atoms. The number of rotatable bonds is 4. The molecular formula is C21H20ClN5O2S. The zero-order valence-electron chi connectivity index (χ0n) is 16.2. The average molecular weight is 442 g/mol. The van der Waals surface area contributed by atoms with Crippen molar-refractivity contribution in [2.75, 3.05) is 5.32 Å². The number of hydrogen-bond donors (Lipinski definition) is 1. The fraction of sp³-hybridized carbons (Fsp3) is 0.333. The summed E-state index contributed by atoms with van der Waals surface area (Å²) in [7, 11) is 0. The van der Waals surface area contributed by atoms with E-state index >= 15 is 0 Å². The number of aromatic nitrogens is 3. The molecule has 4 heterocycles. The highest BCUT2D eigenvalue weighted by Crippen LogP contribution is 2.28. The minimum Gasteiger partial charge on any atom is -0.382 e. The Labute approximate surface area is 182 Å².